The van der Waals surface area contributed by atoms with Gasteiger partial charge in [-0.15, -0.1) is 0 Å². The second-order valence-corrected chi connectivity index (χ2v) is 10.00. The predicted molar refractivity (Wildman–Crippen MR) is 117 cm³/mol. The van der Waals surface area contributed by atoms with Gasteiger partial charge in [-0.25, -0.2) is 13.4 Å². The van der Waals surface area contributed by atoms with Crippen molar-refractivity contribution >= 4 is 16.0 Å². The molecule has 0 radical (unpaired) electrons. The highest BCUT2D eigenvalue weighted by molar-refractivity contribution is 7.88. The first-order valence-electron chi connectivity index (χ1n) is 11.0. The Morgan fingerprint density at radius 1 is 1.19 bits per heavy atom. The van der Waals surface area contributed by atoms with E-state index in [1.807, 2.05) is 13.0 Å². The summed E-state index contributed by atoms with van der Waals surface area (Å²) in [4.78, 5) is 6.87. The Balaban J connectivity index is 1.34. The molecule has 1 aliphatic heterocycles. The Labute approximate surface area is 183 Å². The van der Waals surface area contributed by atoms with Gasteiger partial charge in [-0.05, 0) is 25.8 Å². The Morgan fingerprint density at radius 2 is 1.97 bits per heavy atom. The molecule has 0 unspecified atom stereocenters. The number of aromatic nitrogens is 3. The van der Waals surface area contributed by atoms with E-state index in [0.717, 1.165) is 18.2 Å². The van der Waals surface area contributed by atoms with Gasteiger partial charge < -0.3 is 14.7 Å². The van der Waals surface area contributed by atoms with Gasteiger partial charge >= 0.3 is 0 Å². The lowest BCUT2D eigenvalue weighted by Crippen LogP contribution is -2.53. The lowest BCUT2D eigenvalue weighted by molar-refractivity contribution is 0.259. The molecule has 3 heterocycles. The average Bonchev–Trinajstić information content (AvgIpc) is 3.53. The van der Waals surface area contributed by atoms with Crippen LogP contribution in [-0.2, 0) is 22.3 Å². The number of hydrogen-bond acceptors (Lipinski definition) is 6. The Morgan fingerprint density at radius 3 is 2.65 bits per heavy atom. The SMILES string of the molecule is CCNC(=NCc1ccn(C2CCCC2)n1)N1CCN(S(=O)(=O)Cc2ccon2)CC1. The van der Waals surface area contributed by atoms with Crippen LogP contribution in [0.15, 0.2) is 34.1 Å². The van der Waals surface area contributed by atoms with E-state index in [0.29, 0.717) is 44.5 Å². The van der Waals surface area contributed by atoms with Gasteiger partial charge in [0.1, 0.15) is 12.0 Å². The lowest BCUT2D eigenvalue weighted by Gasteiger charge is -2.35. The van der Waals surface area contributed by atoms with Crippen molar-refractivity contribution in [1.29, 1.82) is 0 Å². The van der Waals surface area contributed by atoms with Crippen molar-refractivity contribution in [3.63, 3.8) is 0 Å². The highest BCUT2D eigenvalue weighted by Crippen LogP contribution is 2.28. The number of piperazine rings is 1. The molecular formula is C20H31N7O3S. The van der Waals surface area contributed by atoms with Crippen LogP contribution < -0.4 is 5.32 Å². The molecule has 0 spiro atoms. The van der Waals surface area contributed by atoms with E-state index in [2.05, 4.69) is 26.3 Å². The number of nitrogens with one attached hydrogen (secondary N) is 1. The summed E-state index contributed by atoms with van der Waals surface area (Å²) < 4.78 is 33.6. The fraction of sp³-hybridized carbons (Fsp3) is 0.650. The lowest BCUT2D eigenvalue weighted by atomic mass is 10.3. The van der Waals surface area contributed by atoms with E-state index in [9.17, 15) is 8.42 Å². The average molecular weight is 450 g/mol. The number of rotatable bonds is 7. The predicted octanol–water partition coefficient (Wildman–Crippen LogP) is 1.60. The fourth-order valence-corrected chi connectivity index (χ4v) is 5.61. The third-order valence-corrected chi connectivity index (χ3v) is 7.65. The smallest absolute Gasteiger partial charge is 0.220 e. The van der Waals surface area contributed by atoms with Crippen LogP contribution in [0.2, 0.25) is 0 Å². The van der Waals surface area contributed by atoms with Crippen molar-refractivity contribution in [1.82, 2.24) is 29.5 Å². The minimum Gasteiger partial charge on any atom is -0.364 e. The summed E-state index contributed by atoms with van der Waals surface area (Å²) in [6.07, 6.45) is 8.42. The minimum atomic E-state index is -3.42. The van der Waals surface area contributed by atoms with Crippen LogP contribution in [0.25, 0.3) is 0 Å². The summed E-state index contributed by atoms with van der Waals surface area (Å²) in [6.45, 7) is 5.29. The monoisotopic (exact) mass is 449 g/mol. The molecule has 0 amide bonds. The van der Waals surface area contributed by atoms with Gasteiger partial charge in [-0.1, -0.05) is 18.0 Å². The van der Waals surface area contributed by atoms with Crippen molar-refractivity contribution in [2.24, 2.45) is 4.99 Å². The molecule has 1 aliphatic carbocycles. The molecule has 1 saturated heterocycles. The summed E-state index contributed by atoms with van der Waals surface area (Å²) >= 11 is 0. The summed E-state index contributed by atoms with van der Waals surface area (Å²) in [7, 11) is -3.42. The largest absolute Gasteiger partial charge is 0.364 e. The molecule has 2 aromatic rings. The maximum atomic E-state index is 12.6. The number of hydrogen-bond donors (Lipinski definition) is 1. The van der Waals surface area contributed by atoms with Gasteiger partial charge in [0.05, 0.1) is 24.0 Å². The summed E-state index contributed by atoms with van der Waals surface area (Å²) in [5.41, 5.74) is 1.38. The van der Waals surface area contributed by atoms with Crippen molar-refractivity contribution in [3.8, 4) is 0 Å². The molecule has 4 rings (SSSR count). The molecule has 10 nitrogen and oxygen atoms in total. The first-order chi connectivity index (χ1) is 15.0. The van der Waals surface area contributed by atoms with Crippen molar-refractivity contribution in [2.45, 2.75) is 50.9 Å². The highest BCUT2D eigenvalue weighted by Gasteiger charge is 2.29. The summed E-state index contributed by atoms with van der Waals surface area (Å²) in [5, 5.41) is 11.8. The Kier molecular flexibility index (Phi) is 6.91. The third-order valence-electron chi connectivity index (χ3n) is 5.84. The van der Waals surface area contributed by atoms with E-state index in [1.165, 1.54) is 36.3 Å². The zero-order chi connectivity index (χ0) is 21.7. The van der Waals surface area contributed by atoms with Crippen LogP contribution >= 0.6 is 0 Å². The molecule has 1 saturated carbocycles. The van der Waals surface area contributed by atoms with Gasteiger partial charge in [0, 0.05) is 45.0 Å². The maximum Gasteiger partial charge on any atom is 0.220 e. The van der Waals surface area contributed by atoms with Crippen LogP contribution in [0.4, 0.5) is 0 Å². The maximum absolute atomic E-state index is 12.6. The summed E-state index contributed by atoms with van der Waals surface area (Å²) in [6, 6.07) is 4.15. The van der Waals surface area contributed by atoms with Gasteiger partial charge in [0.2, 0.25) is 10.0 Å². The number of aliphatic imine (C=N–C) groups is 1. The molecule has 170 valence electrons. The minimum absolute atomic E-state index is 0.138. The normalized spacial score (nSPS) is 19.3. The number of guanidine groups is 1. The van der Waals surface area contributed by atoms with Gasteiger partial charge in [0.15, 0.2) is 5.96 Å². The zero-order valence-corrected chi connectivity index (χ0v) is 18.8. The molecule has 0 atom stereocenters. The van der Waals surface area contributed by atoms with E-state index in [4.69, 9.17) is 14.6 Å². The van der Waals surface area contributed by atoms with Crippen LogP contribution in [0.1, 0.15) is 50.0 Å². The molecule has 0 aromatic carbocycles. The first-order valence-corrected chi connectivity index (χ1v) is 12.6. The quantitative estimate of drug-likeness (QED) is 0.505. The Bertz CT molecular complexity index is 957. The second kappa shape index (κ2) is 9.82. The van der Waals surface area contributed by atoms with Crippen LogP contribution in [-0.4, -0.2) is 71.2 Å². The van der Waals surface area contributed by atoms with Crippen LogP contribution in [0, 0.1) is 0 Å². The van der Waals surface area contributed by atoms with Crippen LogP contribution in [0.5, 0.6) is 0 Å². The molecule has 1 N–H and O–H groups in total. The fourth-order valence-electron chi connectivity index (χ4n) is 4.18. The van der Waals surface area contributed by atoms with E-state index in [-0.39, 0.29) is 5.75 Å². The topological polar surface area (TPSA) is 109 Å². The van der Waals surface area contributed by atoms with Crippen molar-refractivity contribution < 1.29 is 12.9 Å². The van der Waals surface area contributed by atoms with Crippen molar-refractivity contribution in [2.75, 3.05) is 32.7 Å². The first kappa shape index (κ1) is 21.8. The number of nitrogens with zero attached hydrogens (tertiary/aromatic N) is 6. The van der Waals surface area contributed by atoms with Gasteiger partial charge in [-0.2, -0.15) is 9.40 Å². The molecular weight excluding hydrogens is 418 g/mol. The highest BCUT2D eigenvalue weighted by atomic mass is 32.2. The van der Waals surface area contributed by atoms with Gasteiger partial charge in [-0.3, -0.25) is 4.68 Å². The van der Waals surface area contributed by atoms with Crippen molar-refractivity contribution in [3.05, 3.63) is 36.0 Å². The number of sulfonamides is 1. The Hall–Kier alpha value is -2.40. The van der Waals surface area contributed by atoms with E-state index >= 15 is 0 Å². The summed E-state index contributed by atoms with van der Waals surface area (Å²) in [5.74, 6) is 0.660. The van der Waals surface area contributed by atoms with E-state index in [1.54, 1.807) is 6.07 Å². The second-order valence-electron chi connectivity index (χ2n) is 8.03. The molecule has 2 aromatic heterocycles. The molecule has 11 heteroatoms. The van der Waals surface area contributed by atoms with Gasteiger partial charge in [0.25, 0.3) is 0 Å². The molecule has 0 bridgehead atoms. The molecule has 2 aliphatic rings. The third kappa shape index (κ3) is 5.45. The molecule has 31 heavy (non-hydrogen) atoms. The standard InChI is InChI=1S/C20H31N7O3S/c1-2-21-20(22-15-17-7-9-27(23-17)19-5-3-4-6-19)25-10-12-26(13-11-25)31(28,29)16-18-8-14-30-24-18/h7-9,14,19H,2-6,10-13,15-16H2,1H3,(H,21,22). The zero-order valence-electron chi connectivity index (χ0n) is 18.0. The van der Waals surface area contributed by atoms with E-state index < -0.39 is 10.0 Å². The van der Waals surface area contributed by atoms with Crippen LogP contribution in [0.3, 0.4) is 0 Å². The molecule has 2 fully saturated rings.